The Labute approximate surface area is 232 Å². The molecule has 3 rings (SSSR count). The Hall–Kier alpha value is -3.68. The third-order valence-electron chi connectivity index (χ3n) is 3.98. The van der Waals surface area contributed by atoms with Crippen molar-refractivity contribution in [2.45, 2.75) is 40.0 Å². The Morgan fingerprint density at radius 2 is 1.27 bits per heavy atom. The van der Waals surface area contributed by atoms with E-state index in [-0.39, 0.29) is 31.3 Å². The number of rotatable bonds is 5. The van der Waals surface area contributed by atoms with Crippen LogP contribution in [0, 0.1) is 55.3 Å². The maximum atomic E-state index is 10.5. The summed E-state index contributed by atoms with van der Waals surface area (Å²) < 4.78 is 0.587. The quantitative estimate of drug-likeness (QED) is 0.120. The van der Waals surface area contributed by atoms with E-state index in [2.05, 4.69) is 37.5 Å². The fourth-order valence-corrected chi connectivity index (χ4v) is 5.58. The molecule has 0 aliphatic carbocycles. The summed E-state index contributed by atoms with van der Waals surface area (Å²) in [7, 11) is 0. The van der Waals surface area contributed by atoms with Crippen molar-refractivity contribution in [1.29, 1.82) is 0 Å². The van der Waals surface area contributed by atoms with Gasteiger partial charge in [0.15, 0.2) is 0 Å². The molecule has 0 radical (unpaired) electrons. The minimum Gasteiger partial charge on any atom is -0.259 e. The molecule has 0 amide bonds. The molecule has 11 nitrogen and oxygen atoms in total. The summed E-state index contributed by atoms with van der Waals surface area (Å²) in [6, 6.07) is 4.83. The third-order valence-corrected chi connectivity index (χ3v) is 8.29. The SMILES string of the molecule is CCc1cc(Br)c([N+](=O)[O-])s1.[C-]#[N+]c1cc(C#CCC)sc1[N+](=O)[O-].[C-]#[N+]c1cc(CC)sc1[N+](=O)[O-]. The van der Waals surface area contributed by atoms with E-state index in [4.69, 9.17) is 13.1 Å². The third kappa shape index (κ3) is 9.37. The van der Waals surface area contributed by atoms with E-state index in [0.29, 0.717) is 15.8 Å². The van der Waals surface area contributed by atoms with Gasteiger partial charge in [-0.1, -0.05) is 66.6 Å². The van der Waals surface area contributed by atoms with Crippen LogP contribution in [-0.2, 0) is 12.8 Å². The second kappa shape index (κ2) is 15.4. The smallest absolute Gasteiger partial charge is 0.259 e. The standard InChI is InChI=1S/C9H6N2O2S.C7H6N2O2S.C6H6BrNO2S/c1-3-4-5-7-6-8(10-2)9(14-7)11(12)13;1-3-5-4-6(8-2)7(12-5)9(10)11;1-2-4-3-5(7)6(11-4)8(9)10/h6H,3H2,1H3;4H,3H2,1H3;3H,2H2,1H3. The van der Waals surface area contributed by atoms with Crippen LogP contribution in [0.4, 0.5) is 26.4 Å². The van der Waals surface area contributed by atoms with Gasteiger partial charge in [-0.05, 0) is 51.8 Å². The van der Waals surface area contributed by atoms with Crippen molar-refractivity contribution in [3.05, 3.63) is 90.5 Å². The van der Waals surface area contributed by atoms with Crippen molar-refractivity contribution in [3.8, 4) is 11.8 Å². The molecule has 37 heavy (non-hydrogen) atoms. The Morgan fingerprint density at radius 3 is 1.62 bits per heavy atom. The highest BCUT2D eigenvalue weighted by molar-refractivity contribution is 9.10. The van der Waals surface area contributed by atoms with Crippen LogP contribution in [0.1, 0.15) is 41.8 Å². The molecule has 192 valence electrons. The fraction of sp³-hybridized carbons (Fsp3) is 0.273. The van der Waals surface area contributed by atoms with Crippen molar-refractivity contribution in [1.82, 2.24) is 0 Å². The van der Waals surface area contributed by atoms with Crippen molar-refractivity contribution >= 4 is 76.3 Å². The lowest BCUT2D eigenvalue weighted by Gasteiger charge is -1.83. The van der Waals surface area contributed by atoms with Gasteiger partial charge >= 0.3 is 15.0 Å². The maximum Gasteiger partial charge on any atom is 0.338 e. The summed E-state index contributed by atoms with van der Waals surface area (Å²) in [5.74, 6) is 5.57. The summed E-state index contributed by atoms with van der Waals surface area (Å²) in [4.78, 5) is 38.4. The van der Waals surface area contributed by atoms with E-state index < -0.39 is 9.85 Å². The van der Waals surface area contributed by atoms with Crippen LogP contribution >= 0.6 is 49.9 Å². The average molecular weight is 625 g/mol. The van der Waals surface area contributed by atoms with Gasteiger partial charge in [0.05, 0.1) is 32.8 Å². The first kappa shape index (κ1) is 31.4. The second-order valence-electron chi connectivity index (χ2n) is 6.43. The lowest BCUT2D eigenvalue weighted by molar-refractivity contribution is -0.381. The minimum atomic E-state index is -0.546. The van der Waals surface area contributed by atoms with Gasteiger partial charge in [0.2, 0.25) is 0 Å². The first-order valence-electron chi connectivity index (χ1n) is 10.2. The normalized spacial score (nSPS) is 9.24. The molecule has 0 fully saturated rings. The number of hydrogen-bond donors (Lipinski definition) is 0. The van der Waals surface area contributed by atoms with Crippen LogP contribution in [0.15, 0.2) is 22.7 Å². The summed E-state index contributed by atoms with van der Waals surface area (Å²) in [6.07, 6.45) is 2.27. The van der Waals surface area contributed by atoms with Crippen molar-refractivity contribution in [2.24, 2.45) is 0 Å². The van der Waals surface area contributed by atoms with Crippen molar-refractivity contribution in [2.75, 3.05) is 0 Å². The molecule has 0 aliphatic rings. The molecule has 0 N–H and O–H groups in total. The Morgan fingerprint density at radius 1 is 0.811 bits per heavy atom. The monoisotopic (exact) mass is 623 g/mol. The molecule has 0 saturated heterocycles. The van der Waals surface area contributed by atoms with Gasteiger partial charge in [-0.2, -0.15) is 0 Å². The molecule has 0 atom stereocenters. The van der Waals surface area contributed by atoms with Crippen LogP contribution in [0.3, 0.4) is 0 Å². The van der Waals surface area contributed by atoms with Gasteiger partial charge in [0.25, 0.3) is 11.4 Å². The molecule has 0 aromatic carbocycles. The van der Waals surface area contributed by atoms with Gasteiger partial charge in [0.1, 0.15) is 4.47 Å². The molecule has 0 saturated carbocycles. The number of hydrogen-bond acceptors (Lipinski definition) is 9. The molecular weight excluding hydrogens is 606 g/mol. The number of nitro groups is 3. The topological polar surface area (TPSA) is 138 Å². The first-order valence-corrected chi connectivity index (χ1v) is 13.5. The Balaban J connectivity index is 0.000000280. The van der Waals surface area contributed by atoms with E-state index >= 15 is 0 Å². The first-order chi connectivity index (χ1) is 17.5. The Kier molecular flexibility index (Phi) is 13.1. The predicted molar refractivity (Wildman–Crippen MR) is 149 cm³/mol. The summed E-state index contributed by atoms with van der Waals surface area (Å²) in [5.41, 5.74) is 0.224. The van der Waals surface area contributed by atoms with Gasteiger partial charge in [-0.15, -0.1) is 0 Å². The Bertz CT molecular complexity index is 1440. The number of nitrogens with zero attached hydrogens (tertiary/aromatic N) is 5. The van der Waals surface area contributed by atoms with Crippen LogP contribution in [0.5, 0.6) is 0 Å². The molecule has 15 heteroatoms. The van der Waals surface area contributed by atoms with Gasteiger partial charge < -0.3 is 0 Å². The molecule has 0 unspecified atom stereocenters. The van der Waals surface area contributed by atoms with Crippen LogP contribution < -0.4 is 0 Å². The number of aryl methyl sites for hydroxylation is 2. The summed E-state index contributed by atoms with van der Waals surface area (Å²) in [5, 5.41) is 31.2. The largest absolute Gasteiger partial charge is 0.338 e. The van der Waals surface area contributed by atoms with Crippen molar-refractivity contribution < 1.29 is 14.8 Å². The predicted octanol–water partition coefficient (Wildman–Crippen LogP) is 8.72. The van der Waals surface area contributed by atoms with E-state index in [1.165, 1.54) is 17.4 Å². The van der Waals surface area contributed by atoms with E-state index in [1.54, 1.807) is 12.1 Å². The summed E-state index contributed by atoms with van der Waals surface area (Å²) >= 11 is 6.37. The van der Waals surface area contributed by atoms with Crippen LogP contribution in [-0.4, -0.2) is 14.8 Å². The highest BCUT2D eigenvalue weighted by Gasteiger charge is 2.19. The molecule has 3 heterocycles. The van der Waals surface area contributed by atoms with E-state index in [9.17, 15) is 30.3 Å². The van der Waals surface area contributed by atoms with Gasteiger partial charge in [0, 0.05) is 11.3 Å². The van der Waals surface area contributed by atoms with Gasteiger partial charge in [-0.25, -0.2) is 9.69 Å². The number of thiophene rings is 3. The zero-order chi connectivity index (χ0) is 28.1. The number of halogens is 1. The van der Waals surface area contributed by atoms with Gasteiger partial charge in [-0.3, -0.25) is 30.3 Å². The fourth-order valence-electron chi connectivity index (χ4n) is 2.33. The zero-order valence-electron chi connectivity index (χ0n) is 19.6. The van der Waals surface area contributed by atoms with Crippen LogP contribution in [0.2, 0.25) is 0 Å². The minimum absolute atomic E-state index is 0.0400. The lowest BCUT2D eigenvalue weighted by Crippen LogP contribution is -1.82. The summed E-state index contributed by atoms with van der Waals surface area (Å²) in [6.45, 7) is 19.2. The van der Waals surface area contributed by atoms with E-state index in [0.717, 1.165) is 45.3 Å². The molecule has 3 aromatic heterocycles. The average Bonchev–Trinajstić information content (AvgIpc) is 3.59. The molecule has 3 aromatic rings. The zero-order valence-corrected chi connectivity index (χ0v) is 23.7. The highest BCUT2D eigenvalue weighted by atomic mass is 79.9. The molecule has 0 spiro atoms. The maximum absolute atomic E-state index is 10.5. The highest BCUT2D eigenvalue weighted by Crippen LogP contribution is 2.37. The van der Waals surface area contributed by atoms with Crippen molar-refractivity contribution in [3.63, 3.8) is 0 Å². The molecule has 0 bridgehead atoms. The van der Waals surface area contributed by atoms with Crippen LogP contribution in [0.25, 0.3) is 9.69 Å². The molecule has 0 aliphatic heterocycles. The molecular formula is C22H18BrN5O6S3. The second-order valence-corrected chi connectivity index (χ2v) is 10.5. The van der Waals surface area contributed by atoms with E-state index in [1.807, 2.05) is 20.8 Å². The lowest BCUT2D eigenvalue weighted by atomic mass is 10.3.